The molecule has 1 aromatic rings. The summed E-state index contributed by atoms with van der Waals surface area (Å²) in [7, 11) is 1.34. The number of alkyl halides is 3. The van der Waals surface area contributed by atoms with E-state index < -0.39 is 29.3 Å². The Morgan fingerprint density at radius 3 is 2.22 bits per heavy atom. The van der Waals surface area contributed by atoms with E-state index in [0.29, 0.717) is 32.4 Å². The van der Waals surface area contributed by atoms with Crippen LogP contribution in [0.4, 0.5) is 23.8 Å². The van der Waals surface area contributed by atoms with Crippen LogP contribution in [0, 0.1) is 0 Å². The summed E-state index contributed by atoms with van der Waals surface area (Å²) in [6, 6.07) is 0.793. The number of nitrogens with one attached hydrogen (secondary N) is 1. The van der Waals surface area contributed by atoms with E-state index in [-0.39, 0.29) is 11.4 Å². The number of halogens is 3. The number of hydrogen-bond acceptors (Lipinski definition) is 5. The van der Waals surface area contributed by atoms with E-state index >= 15 is 0 Å². The fourth-order valence-corrected chi connectivity index (χ4v) is 2.59. The molecule has 2 rings (SSSR count). The zero-order chi connectivity index (χ0) is 20.4. The number of ether oxygens (including phenoxy) is 1. The molecular formula is C17H23F3N4O3. The van der Waals surface area contributed by atoms with Crippen molar-refractivity contribution in [2.24, 2.45) is 0 Å². The third-order valence-corrected chi connectivity index (χ3v) is 3.90. The van der Waals surface area contributed by atoms with Gasteiger partial charge < -0.3 is 19.9 Å². The molecule has 1 aliphatic rings. The zero-order valence-corrected chi connectivity index (χ0v) is 15.7. The van der Waals surface area contributed by atoms with Crippen LogP contribution >= 0.6 is 0 Å². The van der Waals surface area contributed by atoms with Gasteiger partial charge >= 0.3 is 12.3 Å². The van der Waals surface area contributed by atoms with Gasteiger partial charge in [0, 0.05) is 39.4 Å². The van der Waals surface area contributed by atoms with Crippen LogP contribution in [-0.2, 0) is 10.9 Å². The van der Waals surface area contributed by atoms with Gasteiger partial charge in [0.25, 0.3) is 5.91 Å². The maximum atomic E-state index is 12.9. The zero-order valence-electron chi connectivity index (χ0n) is 15.7. The summed E-state index contributed by atoms with van der Waals surface area (Å²) >= 11 is 0. The van der Waals surface area contributed by atoms with E-state index in [4.69, 9.17) is 4.74 Å². The topological polar surface area (TPSA) is 74.8 Å². The van der Waals surface area contributed by atoms with Crippen LogP contribution in [0.2, 0.25) is 0 Å². The van der Waals surface area contributed by atoms with Crippen molar-refractivity contribution in [1.29, 1.82) is 0 Å². The molecule has 1 fully saturated rings. The number of anilines is 1. The Kier molecular flexibility index (Phi) is 5.86. The van der Waals surface area contributed by atoms with Gasteiger partial charge in [-0.05, 0) is 26.8 Å². The van der Waals surface area contributed by atoms with Gasteiger partial charge in [0.05, 0.1) is 11.1 Å². The molecule has 7 nitrogen and oxygen atoms in total. The quantitative estimate of drug-likeness (QED) is 0.843. The largest absolute Gasteiger partial charge is 0.444 e. The molecular weight excluding hydrogens is 365 g/mol. The van der Waals surface area contributed by atoms with Crippen molar-refractivity contribution in [3.8, 4) is 0 Å². The lowest BCUT2D eigenvalue weighted by Gasteiger charge is -2.36. The van der Waals surface area contributed by atoms with E-state index in [1.807, 2.05) is 0 Å². The number of amides is 2. The summed E-state index contributed by atoms with van der Waals surface area (Å²) in [5.41, 5.74) is -1.76. The van der Waals surface area contributed by atoms with Crippen molar-refractivity contribution < 1.29 is 27.5 Å². The molecule has 2 amide bonds. The van der Waals surface area contributed by atoms with Crippen molar-refractivity contribution in [2.45, 2.75) is 32.5 Å². The first-order valence-electron chi connectivity index (χ1n) is 8.44. The number of carbonyl (C=O) groups excluding carboxylic acids is 2. The smallest absolute Gasteiger partial charge is 0.417 e. The number of carbonyl (C=O) groups is 2. The van der Waals surface area contributed by atoms with E-state index in [9.17, 15) is 22.8 Å². The average Bonchev–Trinajstić information content (AvgIpc) is 2.58. The molecule has 2 heterocycles. The summed E-state index contributed by atoms with van der Waals surface area (Å²) in [4.78, 5) is 31.3. The van der Waals surface area contributed by atoms with Gasteiger partial charge in [-0.15, -0.1) is 0 Å². The lowest BCUT2D eigenvalue weighted by molar-refractivity contribution is -0.137. The van der Waals surface area contributed by atoms with Gasteiger partial charge in [0.1, 0.15) is 11.4 Å². The summed E-state index contributed by atoms with van der Waals surface area (Å²) in [6.45, 7) is 6.56. The molecule has 0 spiro atoms. The number of piperazine rings is 1. The first-order valence-corrected chi connectivity index (χ1v) is 8.44. The van der Waals surface area contributed by atoms with Gasteiger partial charge in [0.15, 0.2) is 0 Å². The minimum absolute atomic E-state index is 0.155. The Morgan fingerprint density at radius 1 is 1.15 bits per heavy atom. The molecule has 0 atom stereocenters. The van der Waals surface area contributed by atoms with Crippen LogP contribution in [0.3, 0.4) is 0 Å². The molecule has 1 saturated heterocycles. The van der Waals surface area contributed by atoms with Crippen molar-refractivity contribution >= 4 is 17.8 Å². The molecule has 27 heavy (non-hydrogen) atoms. The maximum Gasteiger partial charge on any atom is 0.417 e. The number of rotatable bonds is 2. The predicted octanol–water partition coefficient (Wildman–Crippen LogP) is 2.52. The van der Waals surface area contributed by atoms with Crippen molar-refractivity contribution in [3.63, 3.8) is 0 Å². The molecule has 10 heteroatoms. The van der Waals surface area contributed by atoms with E-state index in [2.05, 4.69) is 10.3 Å². The summed E-state index contributed by atoms with van der Waals surface area (Å²) in [6.07, 6.45) is -4.33. The second-order valence-corrected chi connectivity index (χ2v) is 7.13. The monoisotopic (exact) mass is 388 g/mol. The highest BCUT2D eigenvalue weighted by Crippen LogP contribution is 2.31. The summed E-state index contributed by atoms with van der Waals surface area (Å²) in [5.74, 6) is -0.496. The lowest BCUT2D eigenvalue weighted by atomic mass is 10.1. The third-order valence-electron chi connectivity index (χ3n) is 3.90. The Morgan fingerprint density at radius 2 is 1.74 bits per heavy atom. The summed E-state index contributed by atoms with van der Waals surface area (Å²) in [5, 5.41) is 2.33. The van der Waals surface area contributed by atoms with Gasteiger partial charge in [-0.1, -0.05) is 0 Å². The minimum atomic E-state index is -4.59. The Bertz CT molecular complexity index is 708. The molecule has 0 radical (unpaired) electrons. The molecule has 0 unspecified atom stereocenters. The predicted molar refractivity (Wildman–Crippen MR) is 92.6 cm³/mol. The number of nitrogens with zero attached hydrogens (tertiary/aromatic N) is 3. The Hall–Kier alpha value is -2.52. The van der Waals surface area contributed by atoms with Crippen LogP contribution < -0.4 is 10.2 Å². The number of aromatic nitrogens is 1. The van der Waals surface area contributed by atoms with E-state index in [1.54, 1.807) is 25.7 Å². The van der Waals surface area contributed by atoms with Crippen molar-refractivity contribution in [1.82, 2.24) is 15.2 Å². The molecule has 1 N–H and O–H groups in total. The Balaban J connectivity index is 2.17. The third kappa shape index (κ3) is 5.24. The standard InChI is InChI=1S/C17H23F3N4O3/c1-16(2,3)27-15(26)24-7-5-23(6-8-24)13-12(14(25)21-4)9-11(10-22-13)17(18,19)20/h9-10H,5-8H2,1-4H3,(H,21,25). The minimum Gasteiger partial charge on any atom is -0.444 e. The first kappa shape index (κ1) is 20.8. The number of hydrogen-bond donors (Lipinski definition) is 1. The average molecular weight is 388 g/mol. The summed E-state index contributed by atoms with van der Waals surface area (Å²) < 4.78 is 44.1. The van der Waals surface area contributed by atoms with Crippen LogP contribution in [0.5, 0.6) is 0 Å². The lowest BCUT2D eigenvalue weighted by Crippen LogP contribution is -2.50. The molecule has 0 aromatic carbocycles. The maximum absolute atomic E-state index is 12.9. The molecule has 0 bridgehead atoms. The van der Waals surface area contributed by atoms with E-state index in [0.717, 1.165) is 6.07 Å². The Labute approximate surface area is 155 Å². The molecule has 0 aliphatic carbocycles. The van der Waals surface area contributed by atoms with Gasteiger partial charge in [-0.2, -0.15) is 13.2 Å². The second kappa shape index (κ2) is 7.61. The SMILES string of the molecule is CNC(=O)c1cc(C(F)(F)F)cnc1N1CCN(C(=O)OC(C)(C)C)CC1. The highest BCUT2D eigenvalue weighted by Gasteiger charge is 2.34. The van der Waals surface area contributed by atoms with Gasteiger partial charge in [0.2, 0.25) is 0 Å². The van der Waals surface area contributed by atoms with Crippen molar-refractivity contribution in [2.75, 3.05) is 38.1 Å². The molecule has 1 aromatic heterocycles. The molecule has 150 valence electrons. The fourth-order valence-electron chi connectivity index (χ4n) is 2.59. The highest BCUT2D eigenvalue weighted by molar-refractivity contribution is 5.99. The fraction of sp³-hybridized carbons (Fsp3) is 0.588. The highest BCUT2D eigenvalue weighted by atomic mass is 19.4. The molecule has 1 aliphatic heterocycles. The normalized spacial score (nSPS) is 15.5. The van der Waals surface area contributed by atoms with E-state index in [1.165, 1.54) is 11.9 Å². The number of pyridine rings is 1. The van der Waals surface area contributed by atoms with Gasteiger partial charge in [-0.25, -0.2) is 9.78 Å². The first-order chi connectivity index (χ1) is 12.4. The van der Waals surface area contributed by atoms with Crippen molar-refractivity contribution in [3.05, 3.63) is 23.4 Å². The van der Waals surface area contributed by atoms with Crippen LogP contribution in [0.1, 0.15) is 36.7 Å². The van der Waals surface area contributed by atoms with Crippen LogP contribution in [0.15, 0.2) is 12.3 Å². The van der Waals surface area contributed by atoms with Crippen LogP contribution in [-0.4, -0.2) is 60.7 Å². The molecule has 0 saturated carbocycles. The van der Waals surface area contributed by atoms with Gasteiger partial charge in [-0.3, -0.25) is 4.79 Å². The second-order valence-electron chi connectivity index (χ2n) is 7.13. The van der Waals surface area contributed by atoms with Crippen LogP contribution in [0.25, 0.3) is 0 Å².